The van der Waals surface area contributed by atoms with Gasteiger partial charge >= 0.3 is 5.97 Å². The molecule has 0 radical (unpaired) electrons. The lowest BCUT2D eigenvalue weighted by Gasteiger charge is -2.58. The summed E-state index contributed by atoms with van der Waals surface area (Å²) in [6.45, 7) is 2.76. The fraction of sp³-hybridized carbons (Fsp3) is 0.481. The van der Waals surface area contributed by atoms with Crippen molar-refractivity contribution in [3.8, 4) is 5.75 Å². The van der Waals surface area contributed by atoms with Gasteiger partial charge in [-0.15, -0.1) is 0 Å². The van der Waals surface area contributed by atoms with Crippen LogP contribution in [0.2, 0.25) is 10.0 Å². The summed E-state index contributed by atoms with van der Waals surface area (Å²) in [6.07, 6.45) is 2.88. The van der Waals surface area contributed by atoms with Crippen molar-refractivity contribution < 1.29 is 19.4 Å². The maximum absolute atomic E-state index is 13.2. The summed E-state index contributed by atoms with van der Waals surface area (Å²) < 4.78 is 5.36. The molecule has 2 aromatic carbocycles. The number of benzene rings is 2. The Bertz CT molecular complexity index is 1130. The smallest absolute Gasteiger partial charge is 0.308 e. The van der Waals surface area contributed by atoms with Crippen LogP contribution in [0, 0.1) is 0 Å². The minimum absolute atomic E-state index is 0.00410. The molecule has 188 valence electrons. The number of amides is 1. The number of fused-ring (bicyclic) bond motifs is 1. The average molecular weight is 519 g/mol. The summed E-state index contributed by atoms with van der Waals surface area (Å²) in [6, 6.07) is 12.7. The number of likely N-dealkylation sites (N-methyl/N-ethyl adjacent to an activating group) is 2. The van der Waals surface area contributed by atoms with Crippen molar-refractivity contribution in [2.24, 2.45) is 0 Å². The molecule has 1 aliphatic heterocycles. The molecule has 8 heteroatoms. The van der Waals surface area contributed by atoms with Gasteiger partial charge in [0.25, 0.3) is 0 Å². The SMILES string of the molecule is CC(=O)Oc1cccc(C23CCN(C)CC2(O)CCC(N(C)C(=O)Cc2ccc(Cl)c(Cl)c2)C3)c1. The zero-order valence-corrected chi connectivity index (χ0v) is 21.9. The first-order chi connectivity index (χ1) is 16.5. The molecule has 0 aromatic heterocycles. The maximum Gasteiger partial charge on any atom is 0.308 e. The number of carbonyl (C=O) groups is 2. The summed E-state index contributed by atoms with van der Waals surface area (Å²) in [5.74, 6) is 0.0832. The lowest BCUT2D eigenvalue weighted by atomic mass is 9.55. The molecule has 1 N–H and O–H groups in total. The molecule has 6 nitrogen and oxygen atoms in total. The van der Waals surface area contributed by atoms with Gasteiger partial charge in [-0.25, -0.2) is 0 Å². The Balaban J connectivity index is 1.62. The predicted molar refractivity (Wildman–Crippen MR) is 137 cm³/mol. The van der Waals surface area contributed by atoms with E-state index in [0.29, 0.717) is 41.6 Å². The zero-order chi connectivity index (χ0) is 25.4. The number of nitrogens with zero attached hydrogens (tertiary/aromatic N) is 2. The minimum Gasteiger partial charge on any atom is -0.427 e. The van der Waals surface area contributed by atoms with Crippen LogP contribution in [-0.2, 0) is 21.4 Å². The fourth-order valence-electron chi connectivity index (χ4n) is 5.85. The largest absolute Gasteiger partial charge is 0.427 e. The molecule has 3 atom stereocenters. The number of likely N-dealkylation sites (tertiary alicyclic amines) is 1. The zero-order valence-electron chi connectivity index (χ0n) is 20.4. The van der Waals surface area contributed by atoms with E-state index in [9.17, 15) is 14.7 Å². The molecule has 1 saturated heterocycles. The van der Waals surface area contributed by atoms with Gasteiger partial charge in [-0.2, -0.15) is 0 Å². The van der Waals surface area contributed by atoms with Crippen LogP contribution in [0.25, 0.3) is 0 Å². The van der Waals surface area contributed by atoms with Crippen molar-refractivity contribution in [1.82, 2.24) is 9.80 Å². The number of piperidine rings is 1. The fourth-order valence-corrected chi connectivity index (χ4v) is 6.17. The van der Waals surface area contributed by atoms with Crippen LogP contribution in [0.1, 0.15) is 43.7 Å². The van der Waals surface area contributed by atoms with E-state index in [-0.39, 0.29) is 24.3 Å². The van der Waals surface area contributed by atoms with E-state index in [1.165, 1.54) is 6.92 Å². The quantitative estimate of drug-likeness (QED) is 0.466. The Hall–Kier alpha value is -2.12. The number of rotatable bonds is 5. The summed E-state index contributed by atoms with van der Waals surface area (Å²) >= 11 is 12.2. The van der Waals surface area contributed by atoms with E-state index < -0.39 is 11.0 Å². The molecule has 1 heterocycles. The van der Waals surface area contributed by atoms with E-state index in [1.807, 2.05) is 43.3 Å². The second-order valence-corrected chi connectivity index (χ2v) is 10.9. The number of hydrogen-bond acceptors (Lipinski definition) is 5. The third kappa shape index (κ3) is 5.21. The van der Waals surface area contributed by atoms with Gasteiger partial charge in [0.05, 0.1) is 22.1 Å². The Labute approximate surface area is 216 Å². The van der Waals surface area contributed by atoms with Crippen LogP contribution in [0.5, 0.6) is 5.75 Å². The van der Waals surface area contributed by atoms with Gasteiger partial charge in [0.1, 0.15) is 5.75 Å². The topological polar surface area (TPSA) is 70.1 Å². The summed E-state index contributed by atoms with van der Waals surface area (Å²) in [4.78, 5) is 28.8. The van der Waals surface area contributed by atoms with Crippen molar-refractivity contribution in [3.63, 3.8) is 0 Å². The number of aliphatic hydroxyl groups is 1. The number of esters is 1. The third-order valence-electron chi connectivity index (χ3n) is 7.75. The van der Waals surface area contributed by atoms with Gasteiger partial charge in [-0.3, -0.25) is 9.59 Å². The van der Waals surface area contributed by atoms with Crippen LogP contribution in [0.3, 0.4) is 0 Å². The van der Waals surface area contributed by atoms with Crippen molar-refractivity contribution in [1.29, 1.82) is 0 Å². The first-order valence-electron chi connectivity index (χ1n) is 11.9. The molecule has 1 saturated carbocycles. The molecule has 1 aliphatic carbocycles. The van der Waals surface area contributed by atoms with Crippen molar-refractivity contribution in [2.45, 2.75) is 56.1 Å². The van der Waals surface area contributed by atoms with Crippen molar-refractivity contribution in [3.05, 3.63) is 63.6 Å². The number of carbonyl (C=O) groups excluding carboxylic acids is 2. The molecular weight excluding hydrogens is 487 g/mol. The van der Waals surface area contributed by atoms with Crippen LogP contribution < -0.4 is 4.74 Å². The molecular formula is C27H32Cl2N2O4. The van der Waals surface area contributed by atoms with Gasteiger partial charge in [0, 0.05) is 32.0 Å². The Kier molecular flexibility index (Phi) is 7.49. The highest BCUT2D eigenvalue weighted by molar-refractivity contribution is 6.42. The van der Waals surface area contributed by atoms with Gasteiger partial charge in [0.15, 0.2) is 0 Å². The van der Waals surface area contributed by atoms with E-state index in [1.54, 1.807) is 18.2 Å². The number of β-amino-alcohol motifs (C(OH)–C–C–N with tert-alkyl or cyclic N) is 1. The van der Waals surface area contributed by atoms with Crippen molar-refractivity contribution in [2.75, 3.05) is 27.2 Å². The standard InChI is InChI=1S/C27H32Cl2N2O4/c1-18(32)35-22-6-4-5-20(15-22)26-11-12-30(2)17-27(26,34)10-9-21(16-26)31(3)25(33)14-19-7-8-23(28)24(29)13-19/h4-8,13,15,21,34H,9-12,14,16-17H2,1-3H3. The van der Waals surface area contributed by atoms with Gasteiger partial charge in [0.2, 0.25) is 5.91 Å². The number of ether oxygens (including phenoxy) is 1. The number of halogens is 2. The van der Waals surface area contributed by atoms with Crippen LogP contribution >= 0.6 is 23.2 Å². The highest BCUT2D eigenvalue weighted by Gasteiger charge is 2.57. The van der Waals surface area contributed by atoms with E-state index in [0.717, 1.165) is 24.1 Å². The molecule has 3 unspecified atom stereocenters. The molecule has 4 rings (SSSR count). The normalized spacial score (nSPS) is 26.6. The second kappa shape index (κ2) is 10.1. The highest BCUT2D eigenvalue weighted by Crippen LogP contribution is 2.52. The summed E-state index contributed by atoms with van der Waals surface area (Å²) in [5.41, 5.74) is 0.254. The molecule has 35 heavy (non-hydrogen) atoms. The van der Waals surface area contributed by atoms with E-state index in [4.69, 9.17) is 27.9 Å². The van der Waals surface area contributed by atoms with Gasteiger partial charge in [-0.05, 0) is 74.7 Å². The lowest BCUT2D eigenvalue weighted by molar-refractivity contribution is -0.145. The molecule has 0 bridgehead atoms. The molecule has 2 aliphatic rings. The first kappa shape index (κ1) is 26.0. The van der Waals surface area contributed by atoms with Gasteiger partial charge in [-0.1, -0.05) is 41.4 Å². The molecule has 2 fully saturated rings. The minimum atomic E-state index is -0.945. The van der Waals surface area contributed by atoms with Crippen molar-refractivity contribution >= 4 is 35.1 Å². The van der Waals surface area contributed by atoms with Crippen LogP contribution in [0.15, 0.2) is 42.5 Å². The first-order valence-corrected chi connectivity index (χ1v) is 12.7. The summed E-state index contributed by atoms with van der Waals surface area (Å²) in [5, 5.41) is 12.9. The molecule has 1 amide bonds. The lowest BCUT2D eigenvalue weighted by Crippen LogP contribution is -2.66. The van der Waals surface area contributed by atoms with E-state index >= 15 is 0 Å². The average Bonchev–Trinajstić information content (AvgIpc) is 2.80. The monoisotopic (exact) mass is 518 g/mol. The Morgan fingerprint density at radius 1 is 1.17 bits per heavy atom. The van der Waals surface area contributed by atoms with Gasteiger partial charge < -0.3 is 19.6 Å². The second-order valence-electron chi connectivity index (χ2n) is 10.0. The van der Waals surface area contributed by atoms with E-state index in [2.05, 4.69) is 4.90 Å². The highest BCUT2D eigenvalue weighted by atomic mass is 35.5. The van der Waals surface area contributed by atoms with Crippen LogP contribution in [-0.4, -0.2) is 65.6 Å². The Morgan fingerprint density at radius 3 is 2.66 bits per heavy atom. The third-order valence-corrected chi connectivity index (χ3v) is 8.49. The molecule has 0 spiro atoms. The number of hydrogen-bond donors (Lipinski definition) is 1. The van der Waals surface area contributed by atoms with Crippen LogP contribution in [0.4, 0.5) is 0 Å². The summed E-state index contributed by atoms with van der Waals surface area (Å²) in [7, 11) is 3.86. The predicted octanol–water partition coefficient (Wildman–Crippen LogP) is 4.48. The molecule has 2 aromatic rings. The Morgan fingerprint density at radius 2 is 1.94 bits per heavy atom. The maximum atomic E-state index is 13.2.